The molecule has 0 saturated carbocycles. The lowest BCUT2D eigenvalue weighted by molar-refractivity contribution is 0.525. The Hall–Kier alpha value is -0.160. The second kappa shape index (κ2) is 10.6. The van der Waals surface area contributed by atoms with Crippen molar-refractivity contribution >= 4 is 11.8 Å². The Bertz CT molecular complexity index is 250. The van der Waals surface area contributed by atoms with E-state index in [0.717, 1.165) is 12.8 Å². The molecule has 19 heavy (non-hydrogen) atoms. The molecule has 0 spiro atoms. The Labute approximate surface area is 124 Å². The van der Waals surface area contributed by atoms with Crippen molar-refractivity contribution in [3.05, 3.63) is 0 Å². The van der Waals surface area contributed by atoms with Crippen LogP contribution in [0.2, 0.25) is 0 Å². The molecule has 1 atom stereocenters. The third-order valence-electron chi connectivity index (χ3n) is 4.24. The summed E-state index contributed by atoms with van der Waals surface area (Å²) in [5.41, 5.74) is 0. The molecule has 1 fully saturated rings. The summed E-state index contributed by atoms with van der Waals surface area (Å²) < 4.78 is 0.000151. The van der Waals surface area contributed by atoms with Crippen molar-refractivity contribution in [2.75, 3.05) is 5.75 Å². The molecule has 0 radical (unpaired) electrons. The van der Waals surface area contributed by atoms with Crippen LogP contribution in [0.1, 0.15) is 90.4 Å². The van der Waals surface area contributed by atoms with E-state index in [1.54, 1.807) is 0 Å². The summed E-state index contributed by atoms with van der Waals surface area (Å²) in [7, 11) is 0. The van der Waals surface area contributed by atoms with E-state index in [4.69, 9.17) is 0 Å². The van der Waals surface area contributed by atoms with Crippen molar-refractivity contribution in [3.8, 4) is 6.07 Å². The highest BCUT2D eigenvalue weighted by molar-refractivity contribution is 8.01. The first-order chi connectivity index (χ1) is 9.33. The van der Waals surface area contributed by atoms with Gasteiger partial charge in [-0.1, -0.05) is 71.1 Å². The van der Waals surface area contributed by atoms with Crippen LogP contribution >= 0.6 is 11.8 Å². The van der Waals surface area contributed by atoms with Gasteiger partial charge in [-0.3, -0.25) is 0 Å². The SMILES string of the molecule is CCCCCCCCCCCCC1(C#N)CCCS1. The number of rotatable bonds is 11. The summed E-state index contributed by atoms with van der Waals surface area (Å²) in [5, 5.41) is 9.29. The first kappa shape index (κ1) is 16.9. The molecule has 0 bridgehead atoms. The fourth-order valence-corrected chi connectivity index (χ4v) is 4.26. The van der Waals surface area contributed by atoms with Crippen LogP contribution in [0.15, 0.2) is 0 Å². The molecule has 0 amide bonds. The Morgan fingerprint density at radius 1 is 0.947 bits per heavy atom. The van der Waals surface area contributed by atoms with E-state index >= 15 is 0 Å². The molecule has 1 rings (SSSR count). The summed E-state index contributed by atoms with van der Waals surface area (Å²) in [5.74, 6) is 1.20. The Morgan fingerprint density at radius 3 is 2.00 bits per heavy atom. The quantitative estimate of drug-likeness (QED) is 0.428. The van der Waals surface area contributed by atoms with Gasteiger partial charge < -0.3 is 0 Å². The van der Waals surface area contributed by atoms with Crippen molar-refractivity contribution in [2.45, 2.75) is 95.1 Å². The number of nitriles is 1. The summed E-state index contributed by atoms with van der Waals surface area (Å²) in [6, 6.07) is 2.57. The van der Waals surface area contributed by atoms with Gasteiger partial charge in [0.2, 0.25) is 0 Å². The van der Waals surface area contributed by atoms with Crippen molar-refractivity contribution in [1.82, 2.24) is 0 Å². The zero-order chi connectivity index (χ0) is 13.8. The van der Waals surface area contributed by atoms with Crippen LogP contribution in [0.4, 0.5) is 0 Å². The van der Waals surface area contributed by atoms with Gasteiger partial charge in [-0.05, 0) is 25.0 Å². The van der Waals surface area contributed by atoms with Gasteiger partial charge in [-0.2, -0.15) is 5.26 Å². The minimum absolute atomic E-state index is 0.000151. The maximum atomic E-state index is 9.29. The first-order valence-corrected chi connectivity index (χ1v) is 9.37. The van der Waals surface area contributed by atoms with E-state index in [1.165, 1.54) is 76.4 Å². The third-order valence-corrected chi connectivity index (χ3v) is 5.79. The predicted molar refractivity (Wildman–Crippen MR) is 86.5 cm³/mol. The van der Waals surface area contributed by atoms with Gasteiger partial charge in [0.05, 0.1) is 6.07 Å². The summed E-state index contributed by atoms with van der Waals surface area (Å²) >= 11 is 1.91. The van der Waals surface area contributed by atoms with Gasteiger partial charge in [0.1, 0.15) is 4.75 Å². The Morgan fingerprint density at radius 2 is 1.53 bits per heavy atom. The molecule has 1 aliphatic heterocycles. The van der Waals surface area contributed by atoms with E-state index in [0.29, 0.717) is 0 Å². The molecule has 0 aromatic rings. The molecule has 1 aliphatic rings. The zero-order valence-electron chi connectivity index (χ0n) is 12.8. The van der Waals surface area contributed by atoms with E-state index in [-0.39, 0.29) is 4.75 Å². The van der Waals surface area contributed by atoms with Gasteiger partial charge >= 0.3 is 0 Å². The van der Waals surface area contributed by atoms with E-state index < -0.39 is 0 Å². The molecule has 0 aromatic carbocycles. The van der Waals surface area contributed by atoms with Gasteiger partial charge in [-0.25, -0.2) is 0 Å². The molecule has 0 N–H and O–H groups in total. The normalized spacial score (nSPS) is 22.5. The number of unbranched alkanes of at least 4 members (excludes halogenated alkanes) is 9. The van der Waals surface area contributed by atoms with Crippen molar-refractivity contribution in [1.29, 1.82) is 5.26 Å². The Kier molecular flexibility index (Phi) is 9.43. The maximum Gasteiger partial charge on any atom is 0.102 e. The van der Waals surface area contributed by atoms with E-state index in [2.05, 4.69) is 13.0 Å². The average molecular weight is 282 g/mol. The van der Waals surface area contributed by atoms with Gasteiger partial charge in [0, 0.05) is 0 Å². The molecule has 0 aromatic heterocycles. The zero-order valence-corrected chi connectivity index (χ0v) is 13.6. The molecule has 1 heterocycles. The Balaban J connectivity index is 1.87. The largest absolute Gasteiger partial charge is 0.197 e. The van der Waals surface area contributed by atoms with Gasteiger partial charge in [0.15, 0.2) is 0 Å². The van der Waals surface area contributed by atoms with Crippen LogP contribution in [-0.2, 0) is 0 Å². The topological polar surface area (TPSA) is 23.8 Å². The minimum atomic E-state index is 0.000151. The van der Waals surface area contributed by atoms with Crippen LogP contribution in [-0.4, -0.2) is 10.5 Å². The molecule has 1 saturated heterocycles. The van der Waals surface area contributed by atoms with Crippen LogP contribution in [0.3, 0.4) is 0 Å². The number of hydrogen-bond donors (Lipinski definition) is 0. The summed E-state index contributed by atoms with van der Waals surface area (Å²) in [6.07, 6.45) is 17.3. The fraction of sp³-hybridized carbons (Fsp3) is 0.941. The van der Waals surface area contributed by atoms with Crippen LogP contribution in [0.25, 0.3) is 0 Å². The van der Waals surface area contributed by atoms with Crippen molar-refractivity contribution < 1.29 is 0 Å². The van der Waals surface area contributed by atoms with Crippen molar-refractivity contribution in [2.24, 2.45) is 0 Å². The van der Waals surface area contributed by atoms with E-state index in [1.807, 2.05) is 11.8 Å². The lowest BCUT2D eigenvalue weighted by atomic mass is 9.96. The second-order valence-corrected chi connectivity index (χ2v) is 7.47. The average Bonchev–Trinajstić information content (AvgIpc) is 2.90. The van der Waals surface area contributed by atoms with Crippen LogP contribution in [0.5, 0.6) is 0 Å². The number of hydrogen-bond acceptors (Lipinski definition) is 2. The number of thioether (sulfide) groups is 1. The molecule has 110 valence electrons. The fourth-order valence-electron chi connectivity index (χ4n) is 2.94. The molecule has 1 unspecified atom stereocenters. The highest BCUT2D eigenvalue weighted by atomic mass is 32.2. The highest BCUT2D eigenvalue weighted by Crippen LogP contribution is 2.41. The van der Waals surface area contributed by atoms with Crippen molar-refractivity contribution in [3.63, 3.8) is 0 Å². The minimum Gasteiger partial charge on any atom is -0.197 e. The third kappa shape index (κ3) is 7.25. The lowest BCUT2D eigenvalue weighted by Crippen LogP contribution is -2.17. The highest BCUT2D eigenvalue weighted by Gasteiger charge is 2.33. The summed E-state index contributed by atoms with van der Waals surface area (Å²) in [6.45, 7) is 2.27. The molecule has 1 nitrogen and oxygen atoms in total. The predicted octanol–water partition coefficient (Wildman–Crippen LogP) is 6.09. The monoisotopic (exact) mass is 281 g/mol. The van der Waals surface area contributed by atoms with Gasteiger partial charge in [0.25, 0.3) is 0 Å². The second-order valence-electron chi connectivity index (χ2n) is 5.99. The molecular weight excluding hydrogens is 250 g/mol. The maximum absolute atomic E-state index is 9.29. The van der Waals surface area contributed by atoms with Gasteiger partial charge in [-0.15, -0.1) is 11.8 Å². The smallest absolute Gasteiger partial charge is 0.102 e. The number of nitrogens with zero attached hydrogens (tertiary/aromatic N) is 1. The first-order valence-electron chi connectivity index (χ1n) is 8.38. The molecule has 2 heteroatoms. The van der Waals surface area contributed by atoms with E-state index in [9.17, 15) is 5.26 Å². The van der Waals surface area contributed by atoms with Crippen LogP contribution < -0.4 is 0 Å². The van der Waals surface area contributed by atoms with Crippen LogP contribution in [0, 0.1) is 11.3 Å². The standard InChI is InChI=1S/C17H31NS/c1-2-3-4-5-6-7-8-9-10-11-13-17(16-18)14-12-15-19-17/h2-15H2,1H3. The molecule has 0 aliphatic carbocycles. The molecular formula is C17H31NS. The lowest BCUT2D eigenvalue weighted by Gasteiger charge is -2.18. The summed E-state index contributed by atoms with van der Waals surface area (Å²) in [4.78, 5) is 0.